The normalized spacial score (nSPS) is 10.8. The molecule has 2 heterocycles. The van der Waals surface area contributed by atoms with Gasteiger partial charge in [0.25, 0.3) is 0 Å². The molecule has 0 spiro atoms. The van der Waals surface area contributed by atoms with Crippen LogP contribution in [0.3, 0.4) is 0 Å². The van der Waals surface area contributed by atoms with Crippen LogP contribution in [0.4, 0.5) is 0 Å². The molecule has 2 aromatic heterocycles. The summed E-state index contributed by atoms with van der Waals surface area (Å²) in [6, 6.07) is 11.8. The van der Waals surface area contributed by atoms with E-state index < -0.39 is 0 Å². The van der Waals surface area contributed by atoms with Gasteiger partial charge in [-0.15, -0.1) is 11.3 Å². The summed E-state index contributed by atoms with van der Waals surface area (Å²) in [5.41, 5.74) is 2.56. The van der Waals surface area contributed by atoms with Gasteiger partial charge in [-0.25, -0.2) is 4.98 Å². The van der Waals surface area contributed by atoms with Crippen LogP contribution < -0.4 is 5.46 Å². The molecule has 0 aliphatic rings. The third-order valence-corrected chi connectivity index (χ3v) is 3.36. The SMILES string of the molecule is [B]c1ccc(-c2nc3ccccc3s2)nc1. The summed E-state index contributed by atoms with van der Waals surface area (Å²) in [6.45, 7) is 0. The quantitative estimate of drug-likeness (QED) is 0.589. The van der Waals surface area contributed by atoms with Crippen molar-refractivity contribution in [3.8, 4) is 10.7 Å². The zero-order valence-electron chi connectivity index (χ0n) is 8.42. The highest BCUT2D eigenvalue weighted by molar-refractivity contribution is 7.21. The van der Waals surface area contributed by atoms with Gasteiger partial charge in [-0.05, 0) is 18.2 Å². The van der Waals surface area contributed by atoms with Gasteiger partial charge >= 0.3 is 0 Å². The number of benzene rings is 1. The summed E-state index contributed by atoms with van der Waals surface area (Å²) in [7, 11) is 5.60. The molecule has 0 atom stereocenters. The fourth-order valence-corrected chi connectivity index (χ4v) is 2.46. The zero-order valence-corrected chi connectivity index (χ0v) is 9.24. The number of rotatable bonds is 1. The van der Waals surface area contributed by atoms with Crippen LogP contribution in [0.1, 0.15) is 0 Å². The van der Waals surface area contributed by atoms with Crippen LogP contribution in [0.5, 0.6) is 0 Å². The van der Waals surface area contributed by atoms with E-state index in [-0.39, 0.29) is 0 Å². The summed E-state index contributed by atoms with van der Waals surface area (Å²) in [6.07, 6.45) is 1.65. The maximum atomic E-state index is 5.60. The molecule has 0 bridgehead atoms. The first kappa shape index (κ1) is 9.54. The van der Waals surface area contributed by atoms with Crippen molar-refractivity contribution in [1.82, 2.24) is 9.97 Å². The monoisotopic (exact) mass is 222 g/mol. The second-order valence-corrected chi connectivity index (χ2v) is 4.49. The van der Waals surface area contributed by atoms with Gasteiger partial charge < -0.3 is 0 Å². The number of hydrogen-bond donors (Lipinski definition) is 0. The van der Waals surface area contributed by atoms with Crippen molar-refractivity contribution >= 4 is 34.9 Å². The topological polar surface area (TPSA) is 25.8 Å². The van der Waals surface area contributed by atoms with Gasteiger partial charge in [0.15, 0.2) is 0 Å². The molecule has 74 valence electrons. The second kappa shape index (κ2) is 3.72. The average molecular weight is 222 g/mol. The van der Waals surface area contributed by atoms with Crippen LogP contribution in [0.2, 0.25) is 0 Å². The molecule has 0 N–H and O–H groups in total. The molecule has 1 aromatic carbocycles. The Hall–Kier alpha value is -1.68. The lowest BCUT2D eigenvalue weighted by atomic mass is 9.99. The highest BCUT2D eigenvalue weighted by Crippen LogP contribution is 2.28. The van der Waals surface area contributed by atoms with E-state index in [1.165, 1.54) is 4.70 Å². The first-order valence-electron chi connectivity index (χ1n) is 4.90. The second-order valence-electron chi connectivity index (χ2n) is 3.46. The summed E-state index contributed by atoms with van der Waals surface area (Å²) in [5.74, 6) is 0. The Morgan fingerprint density at radius 3 is 2.69 bits per heavy atom. The van der Waals surface area contributed by atoms with Crippen molar-refractivity contribution in [3.05, 3.63) is 42.6 Å². The van der Waals surface area contributed by atoms with Crippen LogP contribution >= 0.6 is 11.3 Å². The molecular weight excluding hydrogens is 215 g/mol. The third kappa shape index (κ3) is 1.61. The summed E-state index contributed by atoms with van der Waals surface area (Å²) in [5, 5.41) is 0.932. The van der Waals surface area contributed by atoms with E-state index in [2.05, 4.69) is 16.0 Å². The van der Waals surface area contributed by atoms with Gasteiger partial charge in [0.2, 0.25) is 0 Å². The molecule has 0 unspecified atom stereocenters. The third-order valence-electron chi connectivity index (χ3n) is 2.30. The van der Waals surface area contributed by atoms with Gasteiger partial charge in [-0.3, -0.25) is 4.98 Å². The molecule has 0 aliphatic carbocycles. The number of fused-ring (bicyclic) bond motifs is 1. The first-order chi connectivity index (χ1) is 7.83. The van der Waals surface area contributed by atoms with E-state index >= 15 is 0 Å². The molecule has 2 radical (unpaired) electrons. The Bertz CT molecular complexity index is 598. The fourth-order valence-electron chi connectivity index (χ4n) is 1.51. The van der Waals surface area contributed by atoms with E-state index in [0.717, 1.165) is 16.2 Å². The molecule has 0 amide bonds. The van der Waals surface area contributed by atoms with Crippen molar-refractivity contribution in [3.63, 3.8) is 0 Å². The predicted molar refractivity (Wildman–Crippen MR) is 68.2 cm³/mol. The predicted octanol–water partition coefficient (Wildman–Crippen LogP) is 2.15. The minimum Gasteiger partial charge on any atom is -0.254 e. The summed E-state index contributed by atoms with van der Waals surface area (Å²) >= 11 is 1.64. The average Bonchev–Trinajstić information content (AvgIpc) is 2.73. The van der Waals surface area contributed by atoms with Crippen LogP contribution in [0.25, 0.3) is 20.9 Å². The fraction of sp³-hybridized carbons (Fsp3) is 0. The smallest absolute Gasteiger partial charge is 0.143 e. The van der Waals surface area contributed by atoms with Crippen molar-refractivity contribution in [2.75, 3.05) is 0 Å². The highest BCUT2D eigenvalue weighted by Gasteiger charge is 2.05. The van der Waals surface area contributed by atoms with E-state index in [4.69, 9.17) is 7.85 Å². The van der Waals surface area contributed by atoms with Gasteiger partial charge in [0, 0.05) is 6.20 Å². The molecule has 3 rings (SSSR count). The van der Waals surface area contributed by atoms with Gasteiger partial charge in [0.1, 0.15) is 12.9 Å². The van der Waals surface area contributed by atoms with Crippen LogP contribution in [-0.4, -0.2) is 17.8 Å². The number of pyridine rings is 1. The minimum absolute atomic E-state index is 0.671. The van der Waals surface area contributed by atoms with E-state index in [1.54, 1.807) is 17.5 Å². The lowest BCUT2D eigenvalue weighted by Crippen LogP contribution is -2.01. The molecule has 16 heavy (non-hydrogen) atoms. The number of thiazole rings is 1. The lowest BCUT2D eigenvalue weighted by molar-refractivity contribution is 1.32. The molecule has 4 heteroatoms. The number of para-hydroxylation sites is 1. The van der Waals surface area contributed by atoms with Crippen molar-refractivity contribution < 1.29 is 0 Å². The maximum Gasteiger partial charge on any atom is 0.143 e. The number of hydrogen-bond acceptors (Lipinski definition) is 3. The number of nitrogens with zero attached hydrogens (tertiary/aromatic N) is 2. The maximum absolute atomic E-state index is 5.60. The molecule has 0 aliphatic heterocycles. The zero-order chi connectivity index (χ0) is 11.0. The van der Waals surface area contributed by atoms with E-state index in [9.17, 15) is 0 Å². The lowest BCUT2D eigenvalue weighted by Gasteiger charge is -1.95. The molecule has 0 saturated heterocycles. The Morgan fingerprint density at radius 2 is 1.94 bits per heavy atom. The first-order valence-corrected chi connectivity index (χ1v) is 5.72. The summed E-state index contributed by atoms with van der Waals surface area (Å²) in [4.78, 5) is 8.79. The Morgan fingerprint density at radius 1 is 1.06 bits per heavy atom. The van der Waals surface area contributed by atoms with Crippen LogP contribution in [0, 0.1) is 0 Å². The molecular formula is C12H7BN2S. The van der Waals surface area contributed by atoms with Crippen LogP contribution in [0.15, 0.2) is 42.6 Å². The summed E-state index contributed by atoms with van der Waals surface area (Å²) < 4.78 is 1.18. The molecule has 0 fully saturated rings. The Labute approximate surface area is 98.4 Å². The largest absolute Gasteiger partial charge is 0.254 e. The van der Waals surface area contributed by atoms with E-state index in [0.29, 0.717) is 5.46 Å². The molecule has 0 saturated carbocycles. The van der Waals surface area contributed by atoms with Gasteiger partial charge in [0.05, 0.1) is 15.9 Å². The highest BCUT2D eigenvalue weighted by atomic mass is 32.1. The van der Waals surface area contributed by atoms with Crippen LogP contribution in [-0.2, 0) is 0 Å². The van der Waals surface area contributed by atoms with Crippen molar-refractivity contribution in [2.24, 2.45) is 0 Å². The molecule has 3 aromatic rings. The minimum atomic E-state index is 0.671. The van der Waals surface area contributed by atoms with E-state index in [1.807, 2.05) is 30.3 Å². The Balaban J connectivity index is 2.15. The Kier molecular flexibility index (Phi) is 2.22. The standard InChI is InChI=1S/C12H7BN2S/c13-8-5-6-10(14-7-8)12-15-9-3-1-2-4-11(9)16-12/h1-7H. The van der Waals surface area contributed by atoms with Crippen molar-refractivity contribution in [2.45, 2.75) is 0 Å². The molecule has 2 nitrogen and oxygen atoms in total. The number of aromatic nitrogens is 2. The van der Waals surface area contributed by atoms with Crippen molar-refractivity contribution in [1.29, 1.82) is 0 Å². The van der Waals surface area contributed by atoms with Gasteiger partial charge in [-0.1, -0.05) is 23.7 Å². The van der Waals surface area contributed by atoms with Gasteiger partial charge in [-0.2, -0.15) is 0 Å².